The van der Waals surface area contributed by atoms with Crippen LogP contribution in [0.2, 0.25) is 0 Å². The molecular formula is C22H36N2O6. The van der Waals surface area contributed by atoms with Crippen LogP contribution in [-0.4, -0.2) is 73.8 Å². The van der Waals surface area contributed by atoms with Crippen molar-refractivity contribution < 1.29 is 28.5 Å². The quantitative estimate of drug-likeness (QED) is 0.521. The first-order valence-electron chi connectivity index (χ1n) is 10.8. The molecule has 2 aliphatic heterocycles. The van der Waals surface area contributed by atoms with Crippen LogP contribution >= 0.6 is 0 Å². The fraction of sp³-hybridized carbons (Fsp3) is 0.818. The van der Waals surface area contributed by atoms with Gasteiger partial charge in [-0.05, 0) is 39.5 Å². The van der Waals surface area contributed by atoms with E-state index in [0.29, 0.717) is 6.54 Å². The summed E-state index contributed by atoms with van der Waals surface area (Å²) in [5.41, 5.74) is -0.638. The van der Waals surface area contributed by atoms with E-state index in [1.165, 1.54) is 0 Å². The van der Waals surface area contributed by atoms with E-state index in [0.717, 1.165) is 25.7 Å². The topological polar surface area (TPSA) is 86.3 Å². The van der Waals surface area contributed by atoms with Gasteiger partial charge >= 0.3 is 6.09 Å². The Kier molecular flexibility index (Phi) is 6.79. The number of carbonyl (C=O) groups excluding carboxylic acids is 2. The number of fused-ring (bicyclic) bond motifs is 1. The molecule has 0 bridgehead atoms. The summed E-state index contributed by atoms with van der Waals surface area (Å²) < 4.78 is 22.8. The van der Waals surface area contributed by atoms with Crippen LogP contribution in [0.5, 0.6) is 0 Å². The Morgan fingerprint density at radius 2 is 1.87 bits per heavy atom. The fourth-order valence-electron chi connectivity index (χ4n) is 5.02. The lowest BCUT2D eigenvalue weighted by atomic mass is 9.95. The normalized spacial score (nSPS) is 29.5. The smallest absolute Gasteiger partial charge is 0.408 e. The molecule has 3 aliphatic rings. The summed E-state index contributed by atoms with van der Waals surface area (Å²) >= 11 is 0. The summed E-state index contributed by atoms with van der Waals surface area (Å²) in [6.07, 6.45) is 4.89. The van der Waals surface area contributed by atoms with E-state index in [-0.39, 0.29) is 30.5 Å². The Bertz CT molecular complexity index is 651. The predicted molar refractivity (Wildman–Crippen MR) is 111 cm³/mol. The number of ether oxygens (including phenoxy) is 4. The first-order valence-corrected chi connectivity index (χ1v) is 10.8. The van der Waals surface area contributed by atoms with Crippen molar-refractivity contribution in [2.24, 2.45) is 11.8 Å². The minimum Gasteiger partial charge on any atom is -0.444 e. The number of methoxy groups -OCH3 is 2. The zero-order chi connectivity index (χ0) is 22.1. The monoisotopic (exact) mass is 424 g/mol. The van der Waals surface area contributed by atoms with E-state index in [4.69, 9.17) is 18.9 Å². The summed E-state index contributed by atoms with van der Waals surface area (Å²) in [6.45, 7) is 10.0. The van der Waals surface area contributed by atoms with Crippen molar-refractivity contribution in [2.75, 3.05) is 27.4 Å². The molecule has 2 heterocycles. The van der Waals surface area contributed by atoms with Crippen LogP contribution in [0.3, 0.4) is 0 Å². The van der Waals surface area contributed by atoms with Crippen LogP contribution in [0.15, 0.2) is 12.7 Å². The number of nitrogens with one attached hydrogen (secondary N) is 1. The van der Waals surface area contributed by atoms with Crippen LogP contribution < -0.4 is 5.32 Å². The summed E-state index contributed by atoms with van der Waals surface area (Å²) in [5, 5.41) is 2.87. The highest BCUT2D eigenvalue weighted by Crippen LogP contribution is 2.42. The predicted octanol–water partition coefficient (Wildman–Crippen LogP) is 2.47. The highest BCUT2D eigenvalue weighted by Gasteiger charge is 2.61. The maximum absolute atomic E-state index is 13.8. The number of alkyl carbamates (subject to hydrolysis) is 1. The number of rotatable bonds is 6. The number of nitrogens with zero attached hydrogens (tertiary/aromatic N) is 1. The maximum Gasteiger partial charge on any atom is 0.408 e. The lowest BCUT2D eigenvalue weighted by molar-refractivity contribution is -0.227. The third-order valence-electron chi connectivity index (χ3n) is 6.49. The van der Waals surface area contributed by atoms with Gasteiger partial charge < -0.3 is 29.2 Å². The first-order chi connectivity index (χ1) is 14.2. The zero-order valence-corrected chi connectivity index (χ0v) is 18.8. The molecule has 0 aromatic heterocycles. The third kappa shape index (κ3) is 4.36. The van der Waals surface area contributed by atoms with Crippen LogP contribution in [0.25, 0.3) is 0 Å². The van der Waals surface area contributed by atoms with Gasteiger partial charge in [-0.25, -0.2) is 4.79 Å². The molecular weight excluding hydrogens is 388 g/mol. The SMILES string of the molecule is C=C[C@@H]1CN(C(=O)[C@@H](NC(=O)OC(C)(C)C)C2CCCC2)C2[C@@H]1OCC2(OC)OC. The van der Waals surface area contributed by atoms with Gasteiger partial charge in [0.1, 0.15) is 24.3 Å². The molecule has 0 aromatic rings. The molecule has 1 saturated carbocycles. The molecule has 1 unspecified atom stereocenters. The van der Waals surface area contributed by atoms with Crippen molar-refractivity contribution in [3.05, 3.63) is 12.7 Å². The average molecular weight is 425 g/mol. The molecule has 8 nitrogen and oxygen atoms in total. The highest BCUT2D eigenvalue weighted by molar-refractivity contribution is 5.87. The summed E-state index contributed by atoms with van der Waals surface area (Å²) in [5.74, 6) is -1.13. The lowest BCUT2D eigenvalue weighted by Crippen LogP contribution is -2.60. The molecule has 8 heteroatoms. The van der Waals surface area contributed by atoms with Gasteiger partial charge in [-0.1, -0.05) is 18.9 Å². The molecule has 2 saturated heterocycles. The van der Waals surface area contributed by atoms with Gasteiger partial charge in [0.2, 0.25) is 11.7 Å². The summed E-state index contributed by atoms with van der Waals surface area (Å²) in [6, 6.07) is -1.06. The molecule has 0 radical (unpaired) electrons. The van der Waals surface area contributed by atoms with Gasteiger partial charge in [0, 0.05) is 26.7 Å². The second-order valence-electron chi connectivity index (χ2n) is 9.50. The third-order valence-corrected chi connectivity index (χ3v) is 6.49. The Balaban J connectivity index is 1.86. The average Bonchev–Trinajstić information content (AvgIpc) is 3.40. The first kappa shape index (κ1) is 23.0. The van der Waals surface area contributed by atoms with Crippen LogP contribution in [0, 0.1) is 11.8 Å². The van der Waals surface area contributed by atoms with E-state index in [2.05, 4.69) is 11.9 Å². The minimum atomic E-state index is -1.04. The van der Waals surface area contributed by atoms with Crippen LogP contribution in [0.1, 0.15) is 46.5 Å². The van der Waals surface area contributed by atoms with Crippen molar-refractivity contribution in [3.63, 3.8) is 0 Å². The molecule has 0 aromatic carbocycles. The molecule has 4 atom stereocenters. The van der Waals surface area contributed by atoms with E-state index in [1.54, 1.807) is 39.9 Å². The van der Waals surface area contributed by atoms with Gasteiger partial charge in [-0.3, -0.25) is 4.79 Å². The Morgan fingerprint density at radius 1 is 1.23 bits per heavy atom. The van der Waals surface area contributed by atoms with E-state index in [1.807, 2.05) is 6.08 Å². The van der Waals surface area contributed by atoms with Gasteiger partial charge in [0.25, 0.3) is 0 Å². The van der Waals surface area contributed by atoms with E-state index >= 15 is 0 Å². The molecule has 1 aliphatic carbocycles. The van der Waals surface area contributed by atoms with Crippen molar-refractivity contribution in [1.82, 2.24) is 10.2 Å². The van der Waals surface area contributed by atoms with Crippen molar-refractivity contribution in [2.45, 2.75) is 76.0 Å². The summed E-state index contributed by atoms with van der Waals surface area (Å²) in [4.78, 5) is 28.1. The Labute approximate surface area is 179 Å². The van der Waals surface area contributed by atoms with E-state index < -0.39 is 29.6 Å². The van der Waals surface area contributed by atoms with Gasteiger partial charge in [-0.15, -0.1) is 6.58 Å². The molecule has 170 valence electrons. The molecule has 2 amide bonds. The molecule has 0 spiro atoms. The van der Waals surface area contributed by atoms with Crippen molar-refractivity contribution in [1.29, 1.82) is 0 Å². The molecule has 30 heavy (non-hydrogen) atoms. The summed E-state index contributed by atoms with van der Waals surface area (Å²) in [7, 11) is 3.12. The Morgan fingerprint density at radius 3 is 2.40 bits per heavy atom. The molecule has 3 fully saturated rings. The van der Waals surface area contributed by atoms with Crippen molar-refractivity contribution in [3.8, 4) is 0 Å². The fourth-order valence-corrected chi connectivity index (χ4v) is 5.02. The number of carbonyl (C=O) groups is 2. The second kappa shape index (κ2) is 8.85. The Hall–Kier alpha value is -1.64. The maximum atomic E-state index is 13.8. The number of amides is 2. The van der Waals surface area contributed by atoms with Gasteiger partial charge in [0.15, 0.2) is 0 Å². The van der Waals surface area contributed by atoms with Gasteiger partial charge in [0.05, 0.1) is 6.10 Å². The van der Waals surface area contributed by atoms with E-state index in [9.17, 15) is 9.59 Å². The molecule has 1 N–H and O–H groups in total. The highest BCUT2D eigenvalue weighted by atomic mass is 16.7. The number of hydrogen-bond acceptors (Lipinski definition) is 6. The largest absolute Gasteiger partial charge is 0.444 e. The van der Waals surface area contributed by atoms with Crippen LogP contribution in [-0.2, 0) is 23.7 Å². The van der Waals surface area contributed by atoms with Crippen LogP contribution in [0.4, 0.5) is 4.79 Å². The second-order valence-corrected chi connectivity index (χ2v) is 9.50. The lowest BCUT2D eigenvalue weighted by Gasteiger charge is -2.38. The number of likely N-dealkylation sites (tertiary alicyclic amines) is 1. The number of hydrogen-bond donors (Lipinski definition) is 1. The zero-order valence-electron chi connectivity index (χ0n) is 18.8. The van der Waals surface area contributed by atoms with Gasteiger partial charge in [-0.2, -0.15) is 0 Å². The van der Waals surface area contributed by atoms with Crippen molar-refractivity contribution >= 4 is 12.0 Å². The molecule has 3 rings (SSSR count). The standard InChI is InChI=1S/C22H36N2O6/c1-7-14-12-24(18-17(14)29-13-22(18,27-5)28-6)19(25)16(15-10-8-9-11-15)23-20(26)30-21(2,3)4/h7,14-18H,1,8-13H2,2-6H3,(H,23,26)/t14-,16+,17-,18?/m1/s1. The minimum absolute atomic E-state index is 0.0307.